The third kappa shape index (κ3) is 5.94. The minimum atomic E-state index is -4.95. The zero-order valence-corrected chi connectivity index (χ0v) is 25.1. The molecule has 3 aromatic rings. The number of ether oxygens (including phenoxy) is 2. The minimum Gasteiger partial charge on any atom is -0.382 e. The fraction of sp³-hybridized carbons (Fsp3) is 0.433. The average Bonchev–Trinajstić information content (AvgIpc) is 3.15. The highest BCUT2D eigenvalue weighted by Gasteiger charge is 2.40. The van der Waals surface area contributed by atoms with E-state index in [1.54, 1.807) is 23.6 Å². The van der Waals surface area contributed by atoms with Crippen LogP contribution in [0.3, 0.4) is 0 Å². The van der Waals surface area contributed by atoms with Crippen molar-refractivity contribution in [3.8, 4) is 11.1 Å². The molecule has 1 saturated heterocycles. The van der Waals surface area contributed by atoms with Crippen molar-refractivity contribution in [2.45, 2.75) is 49.7 Å². The number of rotatable bonds is 7. The summed E-state index contributed by atoms with van der Waals surface area (Å²) >= 11 is 1.01. The van der Waals surface area contributed by atoms with Gasteiger partial charge < -0.3 is 19.3 Å². The predicted octanol–water partition coefficient (Wildman–Crippen LogP) is 5.11. The third-order valence-electron chi connectivity index (χ3n) is 7.79. The Morgan fingerprint density at radius 1 is 1.14 bits per heavy atom. The van der Waals surface area contributed by atoms with Crippen molar-refractivity contribution < 1.29 is 36.2 Å². The van der Waals surface area contributed by atoms with Crippen molar-refractivity contribution in [3.05, 3.63) is 64.6 Å². The number of benzene rings is 2. The second kappa shape index (κ2) is 12.5. The molecule has 3 atom stereocenters. The van der Waals surface area contributed by atoms with E-state index in [0.717, 1.165) is 30.0 Å². The van der Waals surface area contributed by atoms with Crippen molar-refractivity contribution in [1.82, 2.24) is 14.5 Å². The number of aromatic nitrogens is 2. The maximum Gasteiger partial charge on any atom is 0.417 e. The number of thioether (sulfide) groups is 1. The monoisotopic (exact) mass is 638 g/mol. The number of halogens is 5. The van der Waals surface area contributed by atoms with Gasteiger partial charge in [0.1, 0.15) is 17.5 Å². The normalized spacial score (nSPS) is 20.6. The van der Waals surface area contributed by atoms with Crippen LogP contribution in [0.2, 0.25) is 0 Å². The SMILES string of the molecule is C=CC(=O)N1[C@H](C)CN(c2nc(=O)n3c4c(c(-c5ccc(F)cc5F)c(C(F)(F)F)cc24)SC[C@@H](OCCOC)C3)C[C@@H]1C. The smallest absolute Gasteiger partial charge is 0.382 e. The first-order chi connectivity index (χ1) is 20.8. The second-order valence-electron chi connectivity index (χ2n) is 10.8. The fourth-order valence-electron chi connectivity index (χ4n) is 5.99. The molecule has 1 fully saturated rings. The van der Waals surface area contributed by atoms with E-state index in [1.165, 1.54) is 17.8 Å². The molecule has 5 rings (SSSR count). The van der Waals surface area contributed by atoms with Crippen LogP contribution < -0.4 is 10.6 Å². The molecule has 236 valence electrons. The number of alkyl halides is 3. The number of hydrogen-bond donors (Lipinski definition) is 0. The Morgan fingerprint density at radius 2 is 1.84 bits per heavy atom. The molecule has 1 aromatic heterocycles. The summed E-state index contributed by atoms with van der Waals surface area (Å²) in [6.07, 6.45) is -4.35. The summed E-state index contributed by atoms with van der Waals surface area (Å²) in [6.45, 7) is 7.94. The van der Waals surface area contributed by atoms with Crippen LogP contribution in [0.1, 0.15) is 19.4 Å². The number of carbonyl (C=O) groups excluding carboxylic acids is 1. The third-order valence-corrected chi connectivity index (χ3v) is 9.02. The van der Waals surface area contributed by atoms with Gasteiger partial charge in [-0.3, -0.25) is 9.36 Å². The van der Waals surface area contributed by atoms with E-state index in [0.29, 0.717) is 6.07 Å². The highest BCUT2D eigenvalue weighted by atomic mass is 32.2. The lowest BCUT2D eigenvalue weighted by molar-refractivity contribution is -0.137. The maximum absolute atomic E-state index is 15.2. The first kappa shape index (κ1) is 31.9. The number of carbonyl (C=O) groups is 1. The Labute approximate surface area is 254 Å². The van der Waals surface area contributed by atoms with Crippen molar-refractivity contribution >= 4 is 34.4 Å². The van der Waals surface area contributed by atoms with Crippen molar-refractivity contribution in [3.63, 3.8) is 0 Å². The molecule has 0 spiro atoms. The Kier molecular flexibility index (Phi) is 9.06. The predicted molar refractivity (Wildman–Crippen MR) is 157 cm³/mol. The van der Waals surface area contributed by atoms with Gasteiger partial charge in [0.05, 0.1) is 36.9 Å². The van der Waals surface area contributed by atoms with E-state index < -0.39 is 46.3 Å². The molecule has 0 radical (unpaired) electrons. The Balaban J connectivity index is 1.79. The van der Waals surface area contributed by atoms with Gasteiger partial charge in [0.25, 0.3) is 0 Å². The van der Waals surface area contributed by atoms with E-state index in [-0.39, 0.29) is 78.2 Å². The largest absolute Gasteiger partial charge is 0.417 e. The summed E-state index contributed by atoms with van der Waals surface area (Å²) in [5, 5.41) is 0.0473. The van der Waals surface area contributed by atoms with Gasteiger partial charge in [0, 0.05) is 65.5 Å². The van der Waals surface area contributed by atoms with Crippen molar-refractivity contribution in [2.24, 2.45) is 0 Å². The Morgan fingerprint density at radius 3 is 2.45 bits per heavy atom. The molecule has 8 nitrogen and oxygen atoms in total. The van der Waals surface area contributed by atoms with Crippen LogP contribution >= 0.6 is 11.8 Å². The lowest BCUT2D eigenvalue weighted by Gasteiger charge is -2.44. The zero-order chi connectivity index (χ0) is 31.9. The fourth-order valence-corrected chi connectivity index (χ4v) is 7.27. The van der Waals surface area contributed by atoms with Gasteiger partial charge in [0.15, 0.2) is 0 Å². The van der Waals surface area contributed by atoms with Gasteiger partial charge in [-0.25, -0.2) is 13.6 Å². The van der Waals surface area contributed by atoms with Crippen LogP contribution in [0.5, 0.6) is 0 Å². The van der Waals surface area contributed by atoms with Crippen LogP contribution in [-0.2, 0) is 27.0 Å². The molecule has 2 aromatic carbocycles. The molecule has 14 heteroatoms. The number of methoxy groups -OCH3 is 1. The first-order valence-corrected chi connectivity index (χ1v) is 14.9. The quantitative estimate of drug-likeness (QED) is 0.202. The summed E-state index contributed by atoms with van der Waals surface area (Å²) < 4.78 is 85.8. The second-order valence-corrected chi connectivity index (χ2v) is 11.9. The van der Waals surface area contributed by atoms with Gasteiger partial charge in [-0.1, -0.05) is 6.58 Å². The number of nitrogens with zero attached hydrogens (tertiary/aromatic N) is 4. The Bertz CT molecular complexity index is 1650. The first-order valence-electron chi connectivity index (χ1n) is 13.9. The molecule has 0 saturated carbocycles. The summed E-state index contributed by atoms with van der Waals surface area (Å²) in [5.41, 5.74) is -2.64. The topological polar surface area (TPSA) is 76.9 Å². The summed E-state index contributed by atoms with van der Waals surface area (Å²) in [4.78, 5) is 33.8. The number of amides is 1. The van der Waals surface area contributed by atoms with E-state index in [4.69, 9.17) is 9.47 Å². The maximum atomic E-state index is 15.2. The molecule has 0 N–H and O–H groups in total. The van der Waals surface area contributed by atoms with Crippen LogP contribution in [-0.4, -0.2) is 77.7 Å². The standard InChI is InChI=1S/C30H31F5N4O4S/c1-5-24(40)39-16(2)12-37(13-17(39)3)28-21-11-22(30(33,34)35)25(20-7-6-18(31)10-23(20)32)27-26(21)38(29(41)36-28)14-19(15-44-27)43-9-8-42-4/h5-7,10-11,16-17,19H,1,8-9,12-15H2,2-4H3/t16-,17+,19-/m0/s1. The summed E-state index contributed by atoms with van der Waals surface area (Å²) in [5.74, 6) is -2.22. The number of hydrogen-bond acceptors (Lipinski definition) is 7. The summed E-state index contributed by atoms with van der Waals surface area (Å²) in [6, 6.07) is 2.54. The van der Waals surface area contributed by atoms with E-state index in [9.17, 15) is 27.2 Å². The zero-order valence-electron chi connectivity index (χ0n) is 24.3. The van der Waals surface area contributed by atoms with Gasteiger partial charge >= 0.3 is 11.9 Å². The average molecular weight is 639 g/mol. The lowest BCUT2D eigenvalue weighted by Crippen LogP contribution is -2.58. The van der Waals surface area contributed by atoms with Gasteiger partial charge in [-0.2, -0.15) is 18.2 Å². The van der Waals surface area contributed by atoms with Gasteiger partial charge in [0.2, 0.25) is 5.91 Å². The van der Waals surface area contributed by atoms with Crippen molar-refractivity contribution in [1.29, 1.82) is 0 Å². The van der Waals surface area contributed by atoms with Crippen LogP contribution in [0.25, 0.3) is 22.0 Å². The van der Waals surface area contributed by atoms with Crippen LogP contribution in [0.4, 0.5) is 27.8 Å². The highest BCUT2D eigenvalue weighted by molar-refractivity contribution is 7.99. The van der Waals surface area contributed by atoms with Crippen LogP contribution in [0, 0.1) is 11.6 Å². The molecular formula is C30H31F5N4O4S. The van der Waals surface area contributed by atoms with Crippen molar-refractivity contribution in [2.75, 3.05) is 44.1 Å². The minimum absolute atomic E-state index is 0.0143. The molecule has 2 aliphatic rings. The van der Waals surface area contributed by atoms with E-state index in [2.05, 4.69) is 11.6 Å². The summed E-state index contributed by atoms with van der Waals surface area (Å²) in [7, 11) is 1.49. The molecular weight excluding hydrogens is 607 g/mol. The lowest BCUT2D eigenvalue weighted by atomic mass is 9.95. The molecule has 3 heterocycles. The molecule has 0 bridgehead atoms. The molecule has 0 unspecified atom stereocenters. The van der Waals surface area contributed by atoms with Gasteiger partial charge in [-0.05, 0) is 38.1 Å². The van der Waals surface area contributed by atoms with Crippen LogP contribution in [0.15, 0.2) is 46.6 Å². The molecule has 0 aliphatic carbocycles. The van der Waals surface area contributed by atoms with E-state index in [1.807, 2.05) is 0 Å². The van der Waals surface area contributed by atoms with E-state index >= 15 is 4.39 Å². The van der Waals surface area contributed by atoms with Gasteiger partial charge in [-0.15, -0.1) is 11.8 Å². The number of anilines is 1. The highest BCUT2D eigenvalue weighted by Crippen LogP contribution is 2.49. The molecule has 1 amide bonds. The molecule has 2 aliphatic heterocycles. The Hall–Kier alpha value is -3.49. The number of piperazine rings is 1. The molecule has 44 heavy (non-hydrogen) atoms.